The molecule has 1 aromatic rings. The molecule has 0 spiro atoms. The number of alkyl halides is 1. The molecule has 1 atom stereocenters. The molecular formula is C9H12ClNO. The zero-order valence-corrected chi connectivity index (χ0v) is 7.79. The highest BCUT2D eigenvalue weighted by atomic mass is 35.5. The maximum absolute atomic E-state index is 5.77. The molecule has 0 fully saturated rings. The fourth-order valence-electron chi connectivity index (χ4n) is 0.788. The first kappa shape index (κ1) is 9.49. The summed E-state index contributed by atoms with van der Waals surface area (Å²) >= 11 is 5.77. The van der Waals surface area contributed by atoms with Crippen molar-refractivity contribution in [3.8, 4) is 0 Å². The monoisotopic (exact) mass is 185 g/mol. The van der Waals surface area contributed by atoms with Gasteiger partial charge in [0.2, 0.25) is 0 Å². The second-order valence-corrected chi connectivity index (χ2v) is 2.98. The van der Waals surface area contributed by atoms with Crippen LogP contribution in [0.2, 0.25) is 0 Å². The molecule has 2 nitrogen and oxygen atoms in total. The van der Waals surface area contributed by atoms with Gasteiger partial charge in [-0.3, -0.25) is 4.98 Å². The van der Waals surface area contributed by atoms with E-state index in [1.165, 1.54) is 0 Å². The van der Waals surface area contributed by atoms with E-state index in [4.69, 9.17) is 16.3 Å². The summed E-state index contributed by atoms with van der Waals surface area (Å²) < 4.78 is 5.30. The number of nitrogens with zero attached hydrogens (tertiary/aromatic N) is 1. The van der Waals surface area contributed by atoms with Crippen molar-refractivity contribution < 1.29 is 4.74 Å². The van der Waals surface area contributed by atoms with Crippen molar-refractivity contribution >= 4 is 11.6 Å². The highest BCUT2D eigenvalue weighted by Gasteiger charge is 2.00. The van der Waals surface area contributed by atoms with Crippen LogP contribution in [0.4, 0.5) is 0 Å². The van der Waals surface area contributed by atoms with Gasteiger partial charge in [0.25, 0.3) is 0 Å². The molecule has 0 saturated heterocycles. The highest BCUT2D eigenvalue weighted by molar-refractivity contribution is 6.19. The van der Waals surface area contributed by atoms with Gasteiger partial charge in [-0.25, -0.2) is 0 Å². The topological polar surface area (TPSA) is 22.1 Å². The van der Waals surface area contributed by atoms with Crippen LogP contribution >= 0.6 is 11.6 Å². The van der Waals surface area contributed by atoms with E-state index >= 15 is 0 Å². The third kappa shape index (κ3) is 3.20. The highest BCUT2D eigenvalue weighted by Crippen LogP contribution is 2.07. The minimum atomic E-state index is -0.190. The Morgan fingerprint density at radius 2 is 2.50 bits per heavy atom. The second kappa shape index (κ2) is 5.12. The molecule has 1 aromatic heterocycles. The average Bonchev–Trinajstić information content (AvgIpc) is 2.16. The summed E-state index contributed by atoms with van der Waals surface area (Å²) in [5.74, 6) is 0. The van der Waals surface area contributed by atoms with Crippen LogP contribution in [0, 0.1) is 0 Å². The summed E-state index contributed by atoms with van der Waals surface area (Å²) in [5.41, 5.74) is 0.863. The Hall–Kier alpha value is -0.600. The number of hydrogen-bond acceptors (Lipinski definition) is 2. The zero-order valence-electron chi connectivity index (χ0n) is 7.03. The molecule has 0 radical (unpaired) electrons. The quantitative estimate of drug-likeness (QED) is 0.673. The Balaban J connectivity index is 2.33. The molecule has 1 heterocycles. The third-order valence-corrected chi connectivity index (χ3v) is 1.91. The lowest BCUT2D eigenvalue weighted by atomic mass is 10.3. The van der Waals surface area contributed by atoms with Crippen LogP contribution in [0.15, 0.2) is 24.5 Å². The van der Waals surface area contributed by atoms with E-state index in [0.29, 0.717) is 6.61 Å². The van der Waals surface area contributed by atoms with E-state index < -0.39 is 0 Å². The lowest BCUT2D eigenvalue weighted by Crippen LogP contribution is -2.03. The van der Waals surface area contributed by atoms with Crippen LogP contribution < -0.4 is 0 Å². The summed E-state index contributed by atoms with van der Waals surface area (Å²) in [6.07, 6.45) is 4.34. The Labute approximate surface area is 77.5 Å². The SMILES string of the molecule is CCC(Cl)OCc1cccnc1. The van der Waals surface area contributed by atoms with Crippen molar-refractivity contribution in [1.29, 1.82) is 0 Å². The summed E-state index contributed by atoms with van der Waals surface area (Å²) in [5, 5.41) is 0. The molecule has 0 amide bonds. The molecule has 1 rings (SSSR count). The van der Waals surface area contributed by atoms with E-state index in [0.717, 1.165) is 12.0 Å². The van der Waals surface area contributed by atoms with Gasteiger partial charge in [0.05, 0.1) is 6.61 Å². The molecule has 0 aliphatic heterocycles. The molecule has 0 saturated carbocycles. The molecule has 0 bridgehead atoms. The summed E-state index contributed by atoms with van der Waals surface area (Å²) in [6.45, 7) is 2.52. The molecule has 0 N–H and O–H groups in total. The van der Waals surface area contributed by atoms with E-state index in [9.17, 15) is 0 Å². The van der Waals surface area contributed by atoms with Gasteiger partial charge in [-0.05, 0) is 18.1 Å². The average molecular weight is 186 g/mol. The molecule has 0 aliphatic carbocycles. The van der Waals surface area contributed by atoms with E-state index in [-0.39, 0.29) is 5.56 Å². The van der Waals surface area contributed by atoms with Gasteiger partial charge >= 0.3 is 0 Å². The Morgan fingerprint density at radius 3 is 3.08 bits per heavy atom. The first-order chi connectivity index (χ1) is 5.83. The maximum Gasteiger partial charge on any atom is 0.131 e. The largest absolute Gasteiger partial charge is 0.358 e. The van der Waals surface area contributed by atoms with Crippen molar-refractivity contribution in [3.05, 3.63) is 30.1 Å². The number of halogens is 1. The predicted octanol–water partition coefficient (Wildman–Crippen LogP) is 2.57. The fourth-order valence-corrected chi connectivity index (χ4v) is 0.851. The minimum Gasteiger partial charge on any atom is -0.358 e. The van der Waals surface area contributed by atoms with Crippen molar-refractivity contribution in [3.63, 3.8) is 0 Å². The fraction of sp³-hybridized carbons (Fsp3) is 0.444. The Morgan fingerprint density at radius 1 is 1.67 bits per heavy atom. The van der Waals surface area contributed by atoms with Crippen LogP contribution in [-0.2, 0) is 11.3 Å². The van der Waals surface area contributed by atoms with Crippen molar-refractivity contribution in [1.82, 2.24) is 4.98 Å². The zero-order chi connectivity index (χ0) is 8.81. The maximum atomic E-state index is 5.77. The Bertz CT molecular complexity index is 215. The van der Waals surface area contributed by atoms with Crippen molar-refractivity contribution in [2.75, 3.05) is 0 Å². The smallest absolute Gasteiger partial charge is 0.131 e. The van der Waals surface area contributed by atoms with Crippen LogP contribution in [-0.4, -0.2) is 10.5 Å². The van der Waals surface area contributed by atoms with Crippen molar-refractivity contribution in [2.24, 2.45) is 0 Å². The van der Waals surface area contributed by atoms with Gasteiger partial charge in [0, 0.05) is 12.4 Å². The molecule has 3 heteroatoms. The number of aromatic nitrogens is 1. The van der Waals surface area contributed by atoms with Gasteiger partial charge in [-0.2, -0.15) is 0 Å². The number of hydrogen-bond donors (Lipinski definition) is 0. The van der Waals surface area contributed by atoms with Crippen molar-refractivity contribution in [2.45, 2.75) is 25.5 Å². The summed E-state index contributed by atoms with van der Waals surface area (Å²) in [4.78, 5) is 3.97. The third-order valence-electron chi connectivity index (χ3n) is 1.47. The summed E-state index contributed by atoms with van der Waals surface area (Å²) in [7, 11) is 0. The first-order valence-corrected chi connectivity index (χ1v) is 4.41. The summed E-state index contributed by atoms with van der Waals surface area (Å²) in [6, 6.07) is 3.85. The number of rotatable bonds is 4. The van der Waals surface area contributed by atoms with Gasteiger partial charge in [-0.15, -0.1) is 0 Å². The normalized spacial score (nSPS) is 12.8. The Kier molecular flexibility index (Phi) is 4.05. The van der Waals surface area contributed by atoms with Crippen LogP contribution in [0.5, 0.6) is 0 Å². The molecule has 0 aliphatic rings. The van der Waals surface area contributed by atoms with Crippen LogP contribution in [0.25, 0.3) is 0 Å². The van der Waals surface area contributed by atoms with E-state index in [1.54, 1.807) is 12.4 Å². The molecule has 0 aromatic carbocycles. The predicted molar refractivity (Wildman–Crippen MR) is 49.0 cm³/mol. The van der Waals surface area contributed by atoms with E-state index in [2.05, 4.69) is 4.98 Å². The van der Waals surface area contributed by atoms with Gasteiger partial charge < -0.3 is 4.74 Å². The minimum absolute atomic E-state index is 0.190. The molecular weight excluding hydrogens is 174 g/mol. The van der Waals surface area contributed by atoms with Crippen LogP contribution in [0.3, 0.4) is 0 Å². The molecule has 66 valence electrons. The lowest BCUT2D eigenvalue weighted by molar-refractivity contribution is 0.0916. The lowest BCUT2D eigenvalue weighted by Gasteiger charge is -2.07. The standard InChI is InChI=1S/C9H12ClNO/c1-2-9(10)12-7-8-4-3-5-11-6-8/h3-6,9H,2,7H2,1H3. The van der Waals surface area contributed by atoms with E-state index in [1.807, 2.05) is 19.1 Å². The van der Waals surface area contributed by atoms with Gasteiger partial charge in [-0.1, -0.05) is 24.6 Å². The molecule has 1 unspecified atom stereocenters. The molecule has 12 heavy (non-hydrogen) atoms. The first-order valence-electron chi connectivity index (χ1n) is 3.97. The van der Waals surface area contributed by atoms with Gasteiger partial charge in [0.15, 0.2) is 0 Å². The number of ether oxygens (including phenoxy) is 1. The van der Waals surface area contributed by atoms with Crippen LogP contribution in [0.1, 0.15) is 18.9 Å². The van der Waals surface area contributed by atoms with Gasteiger partial charge in [0.1, 0.15) is 5.56 Å². The number of pyridine rings is 1. The second-order valence-electron chi connectivity index (χ2n) is 2.49.